The van der Waals surface area contributed by atoms with E-state index in [1.165, 1.54) is 42.6 Å². The summed E-state index contributed by atoms with van der Waals surface area (Å²) < 4.78 is 37.0. The van der Waals surface area contributed by atoms with Crippen molar-refractivity contribution in [2.45, 2.75) is 11.3 Å². The predicted octanol–water partition coefficient (Wildman–Crippen LogP) is 3.73. The molecule has 0 N–H and O–H groups in total. The molecule has 0 aliphatic heterocycles. The van der Waals surface area contributed by atoms with Gasteiger partial charge >= 0.3 is 0 Å². The van der Waals surface area contributed by atoms with Crippen LogP contribution in [0.3, 0.4) is 0 Å². The molecule has 8 nitrogen and oxygen atoms in total. The van der Waals surface area contributed by atoms with E-state index in [0.29, 0.717) is 44.8 Å². The Bertz CT molecular complexity index is 1230. The summed E-state index contributed by atoms with van der Waals surface area (Å²) in [6.07, 6.45) is 0.641. The molecule has 0 fully saturated rings. The maximum absolute atomic E-state index is 13.3. The van der Waals surface area contributed by atoms with Gasteiger partial charge in [0.1, 0.15) is 22.8 Å². The summed E-state index contributed by atoms with van der Waals surface area (Å²) in [5, 5.41) is 0.867. The summed E-state index contributed by atoms with van der Waals surface area (Å²) in [6, 6.07) is 9.37. The fourth-order valence-electron chi connectivity index (χ4n) is 3.20. The van der Waals surface area contributed by atoms with Crippen LogP contribution in [0.4, 0.5) is 5.13 Å². The highest BCUT2D eigenvalue weighted by atomic mass is 35.5. The zero-order valence-corrected chi connectivity index (χ0v) is 21.3. The van der Waals surface area contributed by atoms with Gasteiger partial charge in [-0.15, -0.1) is 0 Å². The second-order valence-corrected chi connectivity index (χ2v) is 10.9. The lowest BCUT2D eigenvalue weighted by Crippen LogP contribution is -2.37. The van der Waals surface area contributed by atoms with Crippen LogP contribution in [0.5, 0.6) is 11.5 Å². The van der Waals surface area contributed by atoms with Crippen molar-refractivity contribution >= 4 is 54.0 Å². The smallest absolute Gasteiger partial charge is 0.244 e. The quantitative estimate of drug-likeness (QED) is 0.409. The maximum atomic E-state index is 13.3. The lowest BCUT2D eigenvalue weighted by Gasteiger charge is -2.21. The van der Waals surface area contributed by atoms with Crippen LogP contribution < -0.4 is 14.4 Å². The second-order valence-electron chi connectivity index (χ2n) is 7.56. The molecule has 1 amide bonds. The van der Waals surface area contributed by atoms with Crippen molar-refractivity contribution in [2.75, 3.05) is 52.1 Å². The number of carbonyl (C=O) groups excluding carboxylic acids is 1. The van der Waals surface area contributed by atoms with Crippen molar-refractivity contribution < 1.29 is 22.7 Å². The fraction of sp³-hybridized carbons (Fsp3) is 0.364. The van der Waals surface area contributed by atoms with E-state index in [4.69, 9.17) is 21.1 Å². The number of rotatable bonds is 10. The Kier molecular flexibility index (Phi) is 8.17. The molecule has 0 spiro atoms. The number of methoxy groups -OCH3 is 2. The van der Waals surface area contributed by atoms with Gasteiger partial charge in [0.25, 0.3) is 0 Å². The van der Waals surface area contributed by atoms with E-state index in [1.807, 2.05) is 19.0 Å². The summed E-state index contributed by atoms with van der Waals surface area (Å²) in [4.78, 5) is 21.3. The molecule has 0 aliphatic rings. The number of anilines is 1. The molecule has 0 unspecified atom stereocenters. The van der Waals surface area contributed by atoms with Gasteiger partial charge in [0.05, 0.1) is 28.8 Å². The van der Waals surface area contributed by atoms with E-state index in [1.54, 1.807) is 24.3 Å². The van der Waals surface area contributed by atoms with Crippen LogP contribution in [0.1, 0.15) is 6.42 Å². The largest absolute Gasteiger partial charge is 0.497 e. The van der Waals surface area contributed by atoms with E-state index in [0.717, 1.165) is 6.54 Å². The normalized spacial score (nSPS) is 11.7. The molecule has 2 aromatic carbocycles. The van der Waals surface area contributed by atoms with E-state index in [-0.39, 0.29) is 4.90 Å². The number of nitrogens with zero attached hydrogens (tertiary/aromatic N) is 3. The average Bonchev–Trinajstić information content (AvgIpc) is 3.22. The molecule has 3 rings (SSSR count). The van der Waals surface area contributed by atoms with Crippen molar-refractivity contribution in [2.24, 2.45) is 0 Å². The number of fused-ring (bicyclic) bond motifs is 1. The number of thiazole rings is 1. The third-order valence-corrected chi connectivity index (χ3v) is 8.07. The van der Waals surface area contributed by atoms with Gasteiger partial charge in [-0.2, -0.15) is 0 Å². The number of carbonyl (C=O) groups is 1. The fourth-order valence-corrected chi connectivity index (χ4v) is 5.70. The van der Waals surface area contributed by atoms with Crippen LogP contribution in [0.15, 0.2) is 41.3 Å². The second kappa shape index (κ2) is 10.7. The average molecular weight is 512 g/mol. The Morgan fingerprint density at radius 3 is 2.36 bits per heavy atom. The van der Waals surface area contributed by atoms with E-state index in [9.17, 15) is 13.2 Å². The third kappa shape index (κ3) is 5.94. The Hall–Kier alpha value is -2.40. The summed E-state index contributed by atoms with van der Waals surface area (Å²) in [5.74, 6) is -0.171. The molecular weight excluding hydrogens is 486 g/mol. The first-order valence-corrected chi connectivity index (χ1v) is 13.0. The van der Waals surface area contributed by atoms with Crippen LogP contribution in [-0.2, 0) is 14.6 Å². The summed E-state index contributed by atoms with van der Waals surface area (Å²) in [5.41, 5.74) is 0.536. The first-order valence-electron chi connectivity index (χ1n) is 10.1. The van der Waals surface area contributed by atoms with Crippen LogP contribution in [0, 0.1) is 0 Å². The standard InChI is InChI=1S/C22H26ClN3O5S2/c1-25(2)12-5-13-26(22-24-20-18(31-4)11-10-17(23)21(20)32-22)19(27)14-33(28,29)16-8-6-15(30-3)7-9-16/h6-11H,5,12-14H2,1-4H3. The summed E-state index contributed by atoms with van der Waals surface area (Å²) in [6.45, 7) is 1.04. The molecule has 33 heavy (non-hydrogen) atoms. The predicted molar refractivity (Wildman–Crippen MR) is 132 cm³/mol. The van der Waals surface area contributed by atoms with Gasteiger partial charge in [0, 0.05) is 6.54 Å². The maximum Gasteiger partial charge on any atom is 0.244 e. The minimum atomic E-state index is -3.86. The Morgan fingerprint density at radius 1 is 1.06 bits per heavy atom. The van der Waals surface area contributed by atoms with Crippen LogP contribution in [0.2, 0.25) is 5.02 Å². The molecule has 1 heterocycles. The highest BCUT2D eigenvalue weighted by molar-refractivity contribution is 7.92. The Labute approximate surface area is 202 Å². The lowest BCUT2D eigenvalue weighted by atomic mass is 10.3. The Balaban J connectivity index is 1.93. The molecule has 3 aromatic rings. The SMILES string of the molecule is COc1ccc(S(=O)(=O)CC(=O)N(CCCN(C)C)c2nc3c(OC)ccc(Cl)c3s2)cc1. The monoisotopic (exact) mass is 511 g/mol. The van der Waals surface area contributed by atoms with Gasteiger partial charge in [0.2, 0.25) is 5.91 Å². The highest BCUT2D eigenvalue weighted by Crippen LogP contribution is 2.39. The van der Waals surface area contributed by atoms with Crippen molar-refractivity contribution in [1.82, 2.24) is 9.88 Å². The number of sulfone groups is 1. The lowest BCUT2D eigenvalue weighted by molar-refractivity contribution is -0.116. The van der Waals surface area contributed by atoms with Crippen LogP contribution >= 0.6 is 22.9 Å². The summed E-state index contributed by atoms with van der Waals surface area (Å²) >= 11 is 7.57. The van der Waals surface area contributed by atoms with Crippen molar-refractivity contribution in [3.8, 4) is 11.5 Å². The van der Waals surface area contributed by atoms with E-state index in [2.05, 4.69) is 4.98 Å². The van der Waals surface area contributed by atoms with Gasteiger partial charge in [-0.3, -0.25) is 9.69 Å². The van der Waals surface area contributed by atoms with Crippen LogP contribution in [0.25, 0.3) is 10.2 Å². The molecule has 11 heteroatoms. The van der Waals surface area contributed by atoms with Crippen molar-refractivity contribution in [3.63, 3.8) is 0 Å². The molecule has 0 aliphatic carbocycles. The van der Waals surface area contributed by atoms with Gasteiger partial charge in [-0.05, 0) is 63.5 Å². The zero-order valence-electron chi connectivity index (χ0n) is 18.9. The van der Waals surface area contributed by atoms with E-state index < -0.39 is 21.5 Å². The molecule has 0 saturated carbocycles. The van der Waals surface area contributed by atoms with Crippen molar-refractivity contribution in [1.29, 1.82) is 0 Å². The number of amides is 1. The number of aromatic nitrogens is 1. The van der Waals surface area contributed by atoms with Gasteiger partial charge in [-0.1, -0.05) is 22.9 Å². The minimum absolute atomic E-state index is 0.0545. The minimum Gasteiger partial charge on any atom is -0.497 e. The van der Waals surface area contributed by atoms with Gasteiger partial charge in [0.15, 0.2) is 15.0 Å². The number of hydrogen-bond donors (Lipinski definition) is 0. The molecule has 178 valence electrons. The molecule has 0 radical (unpaired) electrons. The van der Waals surface area contributed by atoms with Crippen molar-refractivity contribution in [3.05, 3.63) is 41.4 Å². The molecular formula is C22H26ClN3O5S2. The highest BCUT2D eigenvalue weighted by Gasteiger charge is 2.27. The third-order valence-electron chi connectivity index (χ3n) is 4.92. The molecule has 1 aromatic heterocycles. The molecule has 0 bridgehead atoms. The topological polar surface area (TPSA) is 89.0 Å². The molecule has 0 atom stereocenters. The molecule has 0 saturated heterocycles. The first kappa shape index (κ1) is 25.2. The number of hydrogen-bond acceptors (Lipinski definition) is 8. The van der Waals surface area contributed by atoms with Gasteiger partial charge < -0.3 is 14.4 Å². The zero-order chi connectivity index (χ0) is 24.2. The first-order chi connectivity index (χ1) is 15.7. The van der Waals surface area contributed by atoms with Gasteiger partial charge in [-0.25, -0.2) is 13.4 Å². The number of halogens is 1. The number of ether oxygens (including phenoxy) is 2. The summed E-state index contributed by atoms with van der Waals surface area (Å²) in [7, 11) is 3.03. The Morgan fingerprint density at radius 2 is 1.76 bits per heavy atom. The van der Waals surface area contributed by atoms with Crippen LogP contribution in [-0.4, -0.2) is 71.4 Å². The number of benzene rings is 2. The van der Waals surface area contributed by atoms with E-state index >= 15 is 0 Å².